The van der Waals surface area contributed by atoms with Gasteiger partial charge >= 0.3 is 23.9 Å². The highest BCUT2D eigenvalue weighted by molar-refractivity contribution is 5.88. The van der Waals surface area contributed by atoms with E-state index in [4.69, 9.17) is 20.8 Å². The van der Waals surface area contributed by atoms with Gasteiger partial charge in [-0.15, -0.1) is 0 Å². The largest absolute Gasteiger partial charge is 0.469 e. The normalized spacial score (nSPS) is 20.6. The van der Waals surface area contributed by atoms with Crippen molar-refractivity contribution in [3.05, 3.63) is 190 Å². The van der Waals surface area contributed by atoms with Crippen molar-refractivity contribution in [2.45, 2.75) is 133 Å². The molecule has 4 aromatic carbocycles. The summed E-state index contributed by atoms with van der Waals surface area (Å²) in [6.45, 7) is 44.1. The second-order valence-corrected chi connectivity index (χ2v) is 20.3. The molecular weight excluding hydrogens is 863 g/mol. The molecule has 0 fully saturated rings. The van der Waals surface area contributed by atoms with Gasteiger partial charge in [-0.2, -0.15) is 0 Å². The molecule has 7 rings (SSSR count). The van der Waals surface area contributed by atoms with E-state index in [2.05, 4.69) is 126 Å². The van der Waals surface area contributed by atoms with Crippen LogP contribution in [0.25, 0.3) is 4.85 Å². The molecule has 0 N–H and O–H groups in total. The third-order valence-corrected chi connectivity index (χ3v) is 13.5. The van der Waals surface area contributed by atoms with E-state index in [1.54, 1.807) is 20.8 Å². The van der Waals surface area contributed by atoms with Crippen molar-refractivity contribution in [3.8, 4) is 0 Å². The Balaban J connectivity index is 0.000000309. The van der Waals surface area contributed by atoms with Gasteiger partial charge in [-0.1, -0.05) is 170 Å². The first-order chi connectivity index (χ1) is 31.9. The average Bonchev–Trinajstić information content (AvgIpc) is 3.70. The van der Waals surface area contributed by atoms with Crippen molar-refractivity contribution in [1.82, 2.24) is 0 Å². The van der Waals surface area contributed by atoms with Crippen LogP contribution in [-0.4, -0.2) is 38.0 Å². The monoisotopic (exact) mass is 940 g/mol. The van der Waals surface area contributed by atoms with Crippen LogP contribution in [0.1, 0.15) is 129 Å². The van der Waals surface area contributed by atoms with E-state index in [1.807, 2.05) is 75.4 Å². The maximum absolute atomic E-state index is 11.9. The van der Waals surface area contributed by atoms with Gasteiger partial charge in [-0.25, -0.2) is 21.0 Å². The standard InChI is InChI=1S/3C16H20O2.C7H8.C3H6O2.C2H3N/c3*1-11(2)14(17)18-16(5)13-9-7-6-8-12(13)10-15(16,3)4;1-7-5-3-2-4-6-7;1-3(4)5-2;1-3-2/h3*6-9H,1,10H2,2-5H3;2-6H,1H3;1-2H3;1H3. The van der Waals surface area contributed by atoms with Crippen molar-refractivity contribution in [2.24, 2.45) is 16.2 Å². The molecule has 3 unspecified atom stereocenters. The molecule has 4 aromatic rings. The topological polar surface area (TPSA) is 110 Å². The molecule has 3 aliphatic carbocycles. The van der Waals surface area contributed by atoms with Crippen molar-refractivity contribution in [3.63, 3.8) is 0 Å². The molecule has 0 amide bonds. The third kappa shape index (κ3) is 14.3. The lowest BCUT2D eigenvalue weighted by Gasteiger charge is -2.38. The van der Waals surface area contributed by atoms with Crippen molar-refractivity contribution >= 4 is 23.9 Å². The molecule has 3 aliphatic rings. The van der Waals surface area contributed by atoms with Crippen LogP contribution < -0.4 is 0 Å². The highest BCUT2D eigenvalue weighted by Gasteiger charge is 2.54. The zero-order valence-corrected chi connectivity index (χ0v) is 44.3. The fourth-order valence-electron chi connectivity index (χ4n) is 8.38. The van der Waals surface area contributed by atoms with Gasteiger partial charge < -0.3 is 23.8 Å². The van der Waals surface area contributed by atoms with Gasteiger partial charge in [0.2, 0.25) is 7.05 Å². The Bertz CT molecular complexity index is 2300. The van der Waals surface area contributed by atoms with Crippen LogP contribution in [0.4, 0.5) is 0 Å². The number of rotatable bonds is 6. The number of esters is 4. The predicted octanol–water partition coefficient (Wildman–Crippen LogP) is 13.5. The molecule has 69 heavy (non-hydrogen) atoms. The lowest BCUT2D eigenvalue weighted by molar-refractivity contribution is -0.167. The summed E-state index contributed by atoms with van der Waals surface area (Å²) in [6, 6.07) is 34.8. The highest BCUT2D eigenvalue weighted by atomic mass is 16.6. The van der Waals surface area contributed by atoms with Crippen LogP contribution in [-0.2, 0) is 74.2 Å². The quantitative estimate of drug-likeness (QED) is 0.0814. The van der Waals surface area contributed by atoms with Crippen molar-refractivity contribution < 1.29 is 38.1 Å². The number of methoxy groups -OCH3 is 1. The summed E-state index contributed by atoms with van der Waals surface area (Å²) in [7, 11) is 2.77. The summed E-state index contributed by atoms with van der Waals surface area (Å²) in [5, 5.41) is 0. The van der Waals surface area contributed by atoms with E-state index in [0.29, 0.717) is 16.7 Å². The van der Waals surface area contributed by atoms with Crippen molar-refractivity contribution in [2.75, 3.05) is 14.2 Å². The minimum atomic E-state index is -0.584. The van der Waals surface area contributed by atoms with E-state index >= 15 is 0 Å². The summed E-state index contributed by atoms with van der Waals surface area (Å²) in [6.07, 6.45) is 2.76. The molecule has 0 saturated heterocycles. The zero-order chi connectivity index (χ0) is 52.8. The molecule has 9 nitrogen and oxygen atoms in total. The number of benzene rings is 4. The van der Waals surface area contributed by atoms with Crippen molar-refractivity contribution in [1.29, 1.82) is 0 Å². The van der Waals surface area contributed by atoms with Crippen LogP contribution in [0.3, 0.4) is 0 Å². The van der Waals surface area contributed by atoms with E-state index in [1.165, 1.54) is 43.3 Å². The van der Waals surface area contributed by atoms with Gasteiger partial charge in [0.1, 0.15) is 16.8 Å². The first kappa shape index (κ1) is 58.6. The molecule has 0 saturated carbocycles. The fourth-order valence-corrected chi connectivity index (χ4v) is 8.38. The molecule has 0 spiro atoms. The minimum absolute atomic E-state index is 0.109. The Morgan fingerprint density at radius 3 is 0.884 bits per heavy atom. The number of ether oxygens (including phenoxy) is 4. The third-order valence-electron chi connectivity index (χ3n) is 13.5. The molecule has 3 atom stereocenters. The summed E-state index contributed by atoms with van der Waals surface area (Å²) < 4.78 is 21.4. The van der Waals surface area contributed by atoms with Gasteiger partial charge in [0, 0.05) is 39.9 Å². The number of carbonyl (C=O) groups is 4. The first-order valence-electron chi connectivity index (χ1n) is 23.1. The molecular formula is C60H77NO8. The molecule has 0 aromatic heterocycles. The molecule has 0 aliphatic heterocycles. The number of nitrogens with zero attached hydrogens (tertiary/aromatic N) is 1. The average molecular weight is 940 g/mol. The lowest BCUT2D eigenvalue weighted by Crippen LogP contribution is -2.40. The zero-order valence-electron chi connectivity index (χ0n) is 44.3. The van der Waals surface area contributed by atoms with E-state index in [9.17, 15) is 19.2 Å². The van der Waals surface area contributed by atoms with Gasteiger partial charge in [0.25, 0.3) is 0 Å². The molecule has 370 valence electrons. The van der Waals surface area contributed by atoms with Crippen LogP contribution in [0.5, 0.6) is 0 Å². The van der Waals surface area contributed by atoms with Gasteiger partial charge in [-0.05, 0) is 101 Å². The van der Waals surface area contributed by atoms with E-state index < -0.39 is 16.8 Å². The number of aryl methyl sites for hydroxylation is 1. The maximum Gasteiger partial charge on any atom is 0.334 e. The maximum atomic E-state index is 11.9. The SMILES string of the molecule is C=C(C)C(=O)OC1(C)c2ccccc2CC1(C)C.C=C(C)C(=O)OC1(C)c2ccccc2CC1(C)C.C=C(C)C(=O)OC1(C)c2ccccc2CC1(C)C.COC(C)=O.Cc1ccccc1.[C-]#[N+]C. The van der Waals surface area contributed by atoms with Gasteiger partial charge in [-0.3, -0.25) is 4.79 Å². The predicted molar refractivity (Wildman–Crippen MR) is 278 cm³/mol. The summed E-state index contributed by atoms with van der Waals surface area (Å²) >= 11 is 0. The Morgan fingerprint density at radius 1 is 0.478 bits per heavy atom. The van der Waals surface area contributed by atoms with Crippen LogP contribution >= 0.6 is 0 Å². The molecule has 9 heteroatoms. The second-order valence-electron chi connectivity index (χ2n) is 20.3. The fraction of sp³-hybridized carbons (Fsp3) is 0.417. The summed E-state index contributed by atoms with van der Waals surface area (Å²) in [4.78, 5) is 48.0. The van der Waals surface area contributed by atoms with Gasteiger partial charge in [0.15, 0.2) is 0 Å². The number of hydrogen-bond donors (Lipinski definition) is 0. The Labute approximate surface area is 413 Å². The Morgan fingerprint density at radius 2 is 0.696 bits per heavy atom. The summed E-state index contributed by atoms with van der Waals surface area (Å²) in [5.74, 6) is -1.20. The second kappa shape index (κ2) is 24.2. The molecule has 0 radical (unpaired) electrons. The lowest BCUT2D eigenvalue weighted by atomic mass is 9.76. The highest BCUT2D eigenvalue weighted by Crippen LogP contribution is 2.54. The van der Waals surface area contributed by atoms with Crippen LogP contribution in [0, 0.1) is 29.7 Å². The first-order valence-corrected chi connectivity index (χ1v) is 23.1. The van der Waals surface area contributed by atoms with Crippen LogP contribution in [0.2, 0.25) is 0 Å². The number of hydrogen-bond acceptors (Lipinski definition) is 8. The van der Waals surface area contributed by atoms with Crippen LogP contribution in [0.15, 0.2) is 140 Å². The van der Waals surface area contributed by atoms with Gasteiger partial charge in [0.05, 0.1) is 7.11 Å². The Kier molecular flexibility index (Phi) is 20.5. The van der Waals surface area contributed by atoms with E-state index in [-0.39, 0.29) is 40.1 Å². The molecule has 0 heterocycles. The Hall–Kier alpha value is -6.53. The number of carbonyl (C=O) groups excluding carboxylic acids is 4. The summed E-state index contributed by atoms with van der Waals surface area (Å²) in [5.41, 5.74) is 7.70. The smallest absolute Gasteiger partial charge is 0.334 e. The molecule has 0 bridgehead atoms. The number of fused-ring (bicyclic) bond motifs is 3. The minimum Gasteiger partial charge on any atom is -0.469 e. The van der Waals surface area contributed by atoms with E-state index in [0.717, 1.165) is 36.0 Å².